The van der Waals surface area contributed by atoms with Crippen LogP contribution in [0.15, 0.2) is 48.5 Å². The molecular formula is C19H20N5-. The van der Waals surface area contributed by atoms with Gasteiger partial charge < -0.3 is 10.8 Å². The van der Waals surface area contributed by atoms with Crippen molar-refractivity contribution in [3.8, 4) is 0 Å². The first-order valence-electron chi connectivity index (χ1n) is 8.33. The predicted molar refractivity (Wildman–Crippen MR) is 91.6 cm³/mol. The highest BCUT2D eigenvalue weighted by molar-refractivity contribution is 5.54. The summed E-state index contributed by atoms with van der Waals surface area (Å²) in [5.74, 6) is 0.640. The molecule has 1 heterocycles. The maximum Gasteiger partial charge on any atom is 0.0538 e. The molecule has 2 aromatic carbocycles. The minimum absolute atomic E-state index is 0.0114. The molecule has 1 atom stereocenters. The average Bonchev–Trinajstić information content (AvgIpc) is 3.09. The molecule has 1 aliphatic rings. The summed E-state index contributed by atoms with van der Waals surface area (Å²) in [4.78, 5) is 0. The van der Waals surface area contributed by atoms with E-state index in [0.717, 1.165) is 12.8 Å². The maximum atomic E-state index is 6.28. The summed E-state index contributed by atoms with van der Waals surface area (Å²) in [5, 5.41) is 16.1. The minimum atomic E-state index is -0.499. The van der Waals surface area contributed by atoms with Crippen LogP contribution in [0.4, 0.5) is 0 Å². The number of nitrogens with two attached hydrogens (primary N) is 1. The highest BCUT2D eigenvalue weighted by Crippen LogP contribution is 2.45. The van der Waals surface area contributed by atoms with Gasteiger partial charge in [0, 0.05) is 11.9 Å². The summed E-state index contributed by atoms with van der Waals surface area (Å²) >= 11 is 0. The second-order valence-electron chi connectivity index (χ2n) is 6.60. The molecule has 0 bridgehead atoms. The Labute approximate surface area is 141 Å². The second kappa shape index (κ2) is 5.83. The van der Waals surface area contributed by atoms with Gasteiger partial charge in [-0.05, 0) is 48.4 Å². The van der Waals surface area contributed by atoms with Gasteiger partial charge in [0.05, 0.1) is 5.41 Å². The van der Waals surface area contributed by atoms with Gasteiger partial charge in [-0.3, -0.25) is 10.3 Å². The van der Waals surface area contributed by atoms with E-state index in [9.17, 15) is 0 Å². The monoisotopic (exact) mass is 318 g/mol. The van der Waals surface area contributed by atoms with Crippen LogP contribution in [-0.2, 0) is 18.3 Å². The smallest absolute Gasteiger partial charge is 0.0538 e. The standard InChI is InChI=1S/C19H20N5/c1-13(20)12-19(18-21-23-24-22-18)16-8-4-2-6-14(16)10-11-15-7-3-5-9-17(15)19/h2-9,13H,10-12,20H2,1H3/q-1/t13-/m0/s1. The summed E-state index contributed by atoms with van der Waals surface area (Å²) in [6.07, 6.45) is 2.71. The Morgan fingerprint density at radius 3 is 2.12 bits per heavy atom. The first kappa shape index (κ1) is 15.0. The molecule has 122 valence electrons. The van der Waals surface area contributed by atoms with Crippen LogP contribution in [-0.4, -0.2) is 21.6 Å². The molecule has 4 rings (SSSR count). The molecule has 1 aromatic heterocycles. The fraction of sp³-hybridized carbons (Fsp3) is 0.316. The Morgan fingerprint density at radius 2 is 1.62 bits per heavy atom. The van der Waals surface area contributed by atoms with Crippen LogP contribution in [0.2, 0.25) is 0 Å². The van der Waals surface area contributed by atoms with Gasteiger partial charge in [0.1, 0.15) is 0 Å². The van der Waals surface area contributed by atoms with Crippen LogP contribution in [0.3, 0.4) is 0 Å². The van der Waals surface area contributed by atoms with E-state index < -0.39 is 5.41 Å². The Bertz CT molecular complexity index is 791. The first-order valence-corrected chi connectivity index (χ1v) is 8.33. The van der Waals surface area contributed by atoms with Crippen molar-refractivity contribution in [1.29, 1.82) is 0 Å². The van der Waals surface area contributed by atoms with Crippen molar-refractivity contribution in [2.24, 2.45) is 5.73 Å². The van der Waals surface area contributed by atoms with Crippen LogP contribution < -0.4 is 10.8 Å². The topological polar surface area (TPSA) is 78.8 Å². The van der Waals surface area contributed by atoms with E-state index in [0.29, 0.717) is 12.2 Å². The van der Waals surface area contributed by atoms with E-state index in [1.54, 1.807) is 0 Å². The number of nitrogens with zero attached hydrogens (tertiary/aromatic N) is 4. The fourth-order valence-electron chi connectivity index (χ4n) is 4.07. The molecule has 3 aromatic rings. The Kier molecular flexibility index (Phi) is 3.65. The number of benzene rings is 2. The van der Waals surface area contributed by atoms with Gasteiger partial charge in [-0.2, -0.15) is 5.21 Å². The number of rotatable bonds is 3. The summed E-state index contributed by atoms with van der Waals surface area (Å²) in [5.41, 5.74) is 10.9. The number of hydrogen-bond acceptors (Lipinski definition) is 4. The third-order valence-electron chi connectivity index (χ3n) is 4.95. The molecule has 1 aliphatic carbocycles. The van der Waals surface area contributed by atoms with Gasteiger partial charge in [-0.25, -0.2) is 0 Å². The highest BCUT2D eigenvalue weighted by Gasteiger charge is 2.41. The van der Waals surface area contributed by atoms with E-state index in [2.05, 4.69) is 69.2 Å². The molecule has 0 fully saturated rings. The summed E-state index contributed by atoms with van der Waals surface area (Å²) < 4.78 is 0. The third-order valence-corrected chi connectivity index (χ3v) is 4.95. The Balaban J connectivity index is 2.10. The van der Waals surface area contributed by atoms with Crippen molar-refractivity contribution in [3.05, 3.63) is 76.6 Å². The molecule has 0 radical (unpaired) electrons. The normalized spacial score (nSPS) is 16.8. The van der Waals surface area contributed by atoms with Crippen molar-refractivity contribution in [3.63, 3.8) is 0 Å². The van der Waals surface area contributed by atoms with Crippen LogP contribution in [0.25, 0.3) is 0 Å². The molecule has 0 saturated heterocycles. The molecule has 5 nitrogen and oxygen atoms in total. The lowest BCUT2D eigenvalue weighted by molar-refractivity contribution is 0.473. The lowest BCUT2D eigenvalue weighted by atomic mass is 9.68. The van der Waals surface area contributed by atoms with Gasteiger partial charge in [0.15, 0.2) is 0 Å². The molecule has 0 unspecified atom stereocenters. The Morgan fingerprint density at radius 1 is 1.04 bits per heavy atom. The van der Waals surface area contributed by atoms with Crippen molar-refractivity contribution in [2.45, 2.75) is 37.6 Å². The van der Waals surface area contributed by atoms with Gasteiger partial charge in [-0.15, -0.1) is 0 Å². The van der Waals surface area contributed by atoms with Crippen LogP contribution in [0, 0.1) is 0 Å². The van der Waals surface area contributed by atoms with Crippen molar-refractivity contribution >= 4 is 0 Å². The molecule has 0 aliphatic heterocycles. The van der Waals surface area contributed by atoms with E-state index in [1.165, 1.54) is 22.3 Å². The number of tetrazole rings is 1. The molecule has 2 N–H and O–H groups in total. The van der Waals surface area contributed by atoms with Gasteiger partial charge in [0.25, 0.3) is 0 Å². The highest BCUT2D eigenvalue weighted by atomic mass is 15.5. The zero-order valence-corrected chi connectivity index (χ0v) is 13.7. The van der Waals surface area contributed by atoms with Crippen LogP contribution in [0.1, 0.15) is 41.4 Å². The number of fused-ring (bicyclic) bond motifs is 2. The largest absolute Gasteiger partial charge is 0.334 e. The van der Waals surface area contributed by atoms with Crippen molar-refractivity contribution < 1.29 is 0 Å². The van der Waals surface area contributed by atoms with Gasteiger partial charge in [-0.1, -0.05) is 48.5 Å². The zero-order valence-electron chi connectivity index (χ0n) is 13.7. The summed E-state index contributed by atoms with van der Waals surface area (Å²) in [6, 6.07) is 17.1. The lowest BCUT2D eigenvalue weighted by Crippen LogP contribution is -2.38. The molecule has 0 spiro atoms. The predicted octanol–water partition coefficient (Wildman–Crippen LogP) is 2.00. The quantitative estimate of drug-likeness (QED) is 0.799. The fourth-order valence-corrected chi connectivity index (χ4v) is 4.07. The van der Waals surface area contributed by atoms with E-state index in [4.69, 9.17) is 5.73 Å². The van der Waals surface area contributed by atoms with E-state index >= 15 is 0 Å². The molecule has 0 amide bonds. The van der Waals surface area contributed by atoms with E-state index in [1.807, 2.05) is 6.92 Å². The Hall–Kier alpha value is -2.53. The number of aromatic nitrogens is 4. The molecule has 24 heavy (non-hydrogen) atoms. The molecule has 5 heteroatoms. The van der Waals surface area contributed by atoms with Gasteiger partial charge >= 0.3 is 0 Å². The maximum absolute atomic E-state index is 6.28. The third kappa shape index (κ3) is 2.24. The lowest BCUT2D eigenvalue weighted by Gasteiger charge is -2.38. The van der Waals surface area contributed by atoms with E-state index in [-0.39, 0.29) is 6.04 Å². The molecular weight excluding hydrogens is 298 g/mol. The van der Waals surface area contributed by atoms with Crippen molar-refractivity contribution in [1.82, 2.24) is 20.6 Å². The first-order chi connectivity index (χ1) is 11.7. The summed E-state index contributed by atoms with van der Waals surface area (Å²) in [6.45, 7) is 2.03. The number of hydrogen-bond donors (Lipinski definition) is 1. The SMILES string of the molecule is C[C@H](N)CC1(c2nnn[n-]2)c2ccccc2CCc2ccccc21. The average molecular weight is 318 g/mol. The molecule has 0 saturated carbocycles. The number of aryl methyl sites for hydroxylation is 2. The summed E-state index contributed by atoms with van der Waals surface area (Å²) in [7, 11) is 0. The minimum Gasteiger partial charge on any atom is -0.334 e. The second-order valence-corrected chi connectivity index (χ2v) is 6.60. The zero-order chi connectivity index (χ0) is 16.6. The van der Waals surface area contributed by atoms with Crippen LogP contribution >= 0.6 is 0 Å². The van der Waals surface area contributed by atoms with Gasteiger partial charge in [0.2, 0.25) is 0 Å². The van der Waals surface area contributed by atoms with Crippen molar-refractivity contribution in [2.75, 3.05) is 0 Å². The van der Waals surface area contributed by atoms with Crippen LogP contribution in [0.5, 0.6) is 0 Å².